The molecule has 0 atom stereocenters. The van der Waals surface area contributed by atoms with E-state index in [1.54, 1.807) is 0 Å². The van der Waals surface area contributed by atoms with Crippen LogP contribution in [-0.4, -0.2) is 11.7 Å². The van der Waals surface area contributed by atoms with Crippen molar-refractivity contribution in [1.82, 2.24) is 0 Å². The fourth-order valence-corrected chi connectivity index (χ4v) is 2.97. The standard InChI is InChI=1S/C16H24O/c1-13(2)15-7-5-14(6-8-15)11-16(12-17)9-3-4-10-16/h5-8,13,17H,3-4,9-12H2,1-2H3. The third-order valence-electron chi connectivity index (χ3n) is 4.23. The highest BCUT2D eigenvalue weighted by molar-refractivity contribution is 5.25. The molecular formula is C16H24O. The molecule has 1 aliphatic rings. The lowest BCUT2D eigenvalue weighted by molar-refractivity contribution is 0.130. The molecule has 0 amide bonds. The molecule has 0 radical (unpaired) electrons. The largest absolute Gasteiger partial charge is 0.396 e. The van der Waals surface area contributed by atoms with Crippen LogP contribution in [0.5, 0.6) is 0 Å². The minimum Gasteiger partial charge on any atom is -0.396 e. The van der Waals surface area contributed by atoms with Crippen LogP contribution in [0.25, 0.3) is 0 Å². The SMILES string of the molecule is CC(C)c1ccc(CC2(CO)CCCC2)cc1. The van der Waals surface area contributed by atoms with Crippen molar-refractivity contribution < 1.29 is 5.11 Å². The van der Waals surface area contributed by atoms with Crippen LogP contribution >= 0.6 is 0 Å². The van der Waals surface area contributed by atoms with Crippen molar-refractivity contribution in [3.8, 4) is 0 Å². The van der Waals surface area contributed by atoms with E-state index in [4.69, 9.17) is 0 Å². The van der Waals surface area contributed by atoms with E-state index in [1.807, 2.05) is 0 Å². The van der Waals surface area contributed by atoms with Crippen molar-refractivity contribution in [3.63, 3.8) is 0 Å². The van der Waals surface area contributed by atoms with Crippen LogP contribution in [-0.2, 0) is 6.42 Å². The van der Waals surface area contributed by atoms with Gasteiger partial charge < -0.3 is 5.11 Å². The van der Waals surface area contributed by atoms with Gasteiger partial charge in [0.1, 0.15) is 0 Å². The zero-order chi connectivity index (χ0) is 12.3. The quantitative estimate of drug-likeness (QED) is 0.834. The highest BCUT2D eigenvalue weighted by atomic mass is 16.3. The van der Waals surface area contributed by atoms with E-state index in [2.05, 4.69) is 38.1 Å². The molecule has 17 heavy (non-hydrogen) atoms. The van der Waals surface area contributed by atoms with Crippen LogP contribution < -0.4 is 0 Å². The summed E-state index contributed by atoms with van der Waals surface area (Å²) in [6.07, 6.45) is 5.99. The average Bonchev–Trinajstić information content (AvgIpc) is 2.79. The molecule has 1 aromatic carbocycles. The van der Waals surface area contributed by atoms with Crippen molar-refractivity contribution >= 4 is 0 Å². The summed E-state index contributed by atoms with van der Waals surface area (Å²) in [6.45, 7) is 4.79. The van der Waals surface area contributed by atoms with Gasteiger partial charge in [-0.2, -0.15) is 0 Å². The first-order valence-electron chi connectivity index (χ1n) is 6.85. The molecule has 94 valence electrons. The van der Waals surface area contributed by atoms with Crippen molar-refractivity contribution in [1.29, 1.82) is 0 Å². The molecule has 1 saturated carbocycles. The molecule has 0 unspecified atom stereocenters. The average molecular weight is 232 g/mol. The van der Waals surface area contributed by atoms with Crippen molar-refractivity contribution in [3.05, 3.63) is 35.4 Å². The van der Waals surface area contributed by atoms with Crippen molar-refractivity contribution in [2.45, 2.75) is 51.9 Å². The molecule has 0 heterocycles. The third-order valence-corrected chi connectivity index (χ3v) is 4.23. The molecule has 0 saturated heterocycles. The predicted molar refractivity (Wildman–Crippen MR) is 72.2 cm³/mol. The van der Waals surface area contributed by atoms with Crippen LogP contribution in [0.15, 0.2) is 24.3 Å². The van der Waals surface area contributed by atoms with Gasteiger partial charge in [-0.3, -0.25) is 0 Å². The lowest BCUT2D eigenvalue weighted by Gasteiger charge is -2.26. The van der Waals surface area contributed by atoms with Gasteiger partial charge in [0.25, 0.3) is 0 Å². The first kappa shape index (κ1) is 12.6. The van der Waals surface area contributed by atoms with Gasteiger partial charge in [-0.05, 0) is 41.7 Å². The maximum Gasteiger partial charge on any atom is 0.0490 e. The van der Waals surface area contributed by atoms with E-state index >= 15 is 0 Å². The highest BCUT2D eigenvalue weighted by Gasteiger charge is 2.33. The van der Waals surface area contributed by atoms with Crippen LogP contribution in [0, 0.1) is 5.41 Å². The molecule has 1 heteroatoms. The van der Waals surface area contributed by atoms with Gasteiger partial charge in [0.2, 0.25) is 0 Å². The Hall–Kier alpha value is -0.820. The van der Waals surface area contributed by atoms with Gasteiger partial charge in [-0.15, -0.1) is 0 Å². The van der Waals surface area contributed by atoms with Gasteiger partial charge in [0.05, 0.1) is 0 Å². The summed E-state index contributed by atoms with van der Waals surface area (Å²) < 4.78 is 0. The maximum atomic E-state index is 9.62. The first-order valence-corrected chi connectivity index (χ1v) is 6.85. The fourth-order valence-electron chi connectivity index (χ4n) is 2.97. The summed E-state index contributed by atoms with van der Waals surface area (Å²) in [6, 6.07) is 8.95. The molecule has 1 nitrogen and oxygen atoms in total. The monoisotopic (exact) mass is 232 g/mol. The normalized spacial score (nSPS) is 18.8. The molecule has 0 aliphatic heterocycles. The summed E-state index contributed by atoms with van der Waals surface area (Å²) >= 11 is 0. The van der Waals surface area contributed by atoms with Gasteiger partial charge in [-0.1, -0.05) is 51.0 Å². The molecule has 0 aromatic heterocycles. The Bertz CT molecular complexity index is 344. The zero-order valence-electron chi connectivity index (χ0n) is 11.1. The fraction of sp³-hybridized carbons (Fsp3) is 0.625. The number of aliphatic hydroxyl groups excluding tert-OH is 1. The predicted octanol–water partition coefficient (Wildman–Crippen LogP) is 3.91. The minimum absolute atomic E-state index is 0.180. The van der Waals surface area contributed by atoms with Crippen molar-refractivity contribution in [2.24, 2.45) is 5.41 Å². The Morgan fingerprint density at radius 1 is 1.12 bits per heavy atom. The Labute approximate surface area is 105 Å². The Morgan fingerprint density at radius 3 is 2.18 bits per heavy atom. The van der Waals surface area contributed by atoms with Crippen molar-refractivity contribution in [2.75, 3.05) is 6.61 Å². The summed E-state index contributed by atoms with van der Waals surface area (Å²) in [7, 11) is 0. The van der Waals surface area contributed by atoms with E-state index in [0.717, 1.165) is 6.42 Å². The maximum absolute atomic E-state index is 9.62. The van der Waals surface area contributed by atoms with E-state index in [-0.39, 0.29) is 5.41 Å². The molecule has 1 fully saturated rings. The number of aliphatic hydroxyl groups is 1. The topological polar surface area (TPSA) is 20.2 Å². The summed E-state index contributed by atoms with van der Waals surface area (Å²) in [4.78, 5) is 0. The van der Waals surface area contributed by atoms with Crippen LogP contribution in [0.4, 0.5) is 0 Å². The molecule has 0 bridgehead atoms. The van der Waals surface area contributed by atoms with E-state index in [9.17, 15) is 5.11 Å². The Morgan fingerprint density at radius 2 is 1.71 bits per heavy atom. The molecular weight excluding hydrogens is 208 g/mol. The summed E-state index contributed by atoms with van der Waals surface area (Å²) in [5, 5.41) is 9.62. The second kappa shape index (κ2) is 5.22. The van der Waals surface area contributed by atoms with Gasteiger partial charge in [0.15, 0.2) is 0 Å². The number of hydrogen-bond donors (Lipinski definition) is 1. The summed E-state index contributed by atoms with van der Waals surface area (Å²) in [5.41, 5.74) is 2.96. The molecule has 1 aliphatic carbocycles. The van der Waals surface area contributed by atoms with Crippen LogP contribution in [0.3, 0.4) is 0 Å². The lowest BCUT2D eigenvalue weighted by atomic mass is 9.80. The Kier molecular flexibility index (Phi) is 3.88. The zero-order valence-corrected chi connectivity index (χ0v) is 11.1. The second-order valence-electron chi connectivity index (χ2n) is 5.94. The van der Waals surface area contributed by atoms with Crippen LogP contribution in [0.1, 0.15) is 56.6 Å². The molecule has 1 aromatic rings. The number of rotatable bonds is 4. The molecule has 2 rings (SSSR count). The van der Waals surface area contributed by atoms with E-state index < -0.39 is 0 Å². The highest BCUT2D eigenvalue weighted by Crippen LogP contribution is 2.40. The number of benzene rings is 1. The van der Waals surface area contributed by atoms with E-state index in [0.29, 0.717) is 12.5 Å². The number of hydrogen-bond acceptors (Lipinski definition) is 1. The Balaban J connectivity index is 2.07. The van der Waals surface area contributed by atoms with Gasteiger partial charge >= 0.3 is 0 Å². The van der Waals surface area contributed by atoms with Gasteiger partial charge in [-0.25, -0.2) is 0 Å². The third kappa shape index (κ3) is 2.90. The van der Waals surface area contributed by atoms with E-state index in [1.165, 1.54) is 36.8 Å². The van der Waals surface area contributed by atoms with Crippen LogP contribution in [0.2, 0.25) is 0 Å². The second-order valence-corrected chi connectivity index (χ2v) is 5.94. The minimum atomic E-state index is 0.180. The van der Waals surface area contributed by atoms with Gasteiger partial charge in [0, 0.05) is 6.61 Å². The molecule has 1 N–H and O–H groups in total. The summed E-state index contributed by atoms with van der Waals surface area (Å²) in [5.74, 6) is 0.599. The molecule has 0 spiro atoms. The first-order chi connectivity index (χ1) is 8.15. The lowest BCUT2D eigenvalue weighted by Crippen LogP contribution is -2.24. The smallest absolute Gasteiger partial charge is 0.0490 e.